The molecular formula is C27H32FN3O5. The van der Waals surface area contributed by atoms with Gasteiger partial charge in [0.1, 0.15) is 23.8 Å². The molecule has 4 N–H and O–H groups in total. The summed E-state index contributed by atoms with van der Waals surface area (Å²) in [5, 5.41) is 18.6. The van der Waals surface area contributed by atoms with Gasteiger partial charge in [0, 0.05) is 35.3 Å². The number of fused-ring (bicyclic) bond motifs is 3. The van der Waals surface area contributed by atoms with Crippen LogP contribution in [0.5, 0.6) is 5.75 Å². The minimum Gasteiger partial charge on any atom is -0.487 e. The number of hydrogen-bond donors (Lipinski definition) is 4. The molecule has 9 heteroatoms. The van der Waals surface area contributed by atoms with E-state index in [9.17, 15) is 19.1 Å². The molecule has 0 aromatic heterocycles. The quantitative estimate of drug-likeness (QED) is 0.468. The first-order valence-corrected chi connectivity index (χ1v) is 12.6. The summed E-state index contributed by atoms with van der Waals surface area (Å²) in [6, 6.07) is 11.8. The van der Waals surface area contributed by atoms with Crippen molar-refractivity contribution in [3.05, 3.63) is 59.4 Å². The normalized spacial score (nSPS) is 24.9. The molecule has 192 valence electrons. The topological polar surface area (TPSA) is 109 Å². The third-order valence-electron chi connectivity index (χ3n) is 7.29. The van der Waals surface area contributed by atoms with E-state index >= 15 is 0 Å². The minimum atomic E-state index is -0.581. The Bertz CT molecular complexity index is 1110. The Hall–Kier alpha value is -3.17. The number of urea groups is 1. The first kappa shape index (κ1) is 24.5. The van der Waals surface area contributed by atoms with Gasteiger partial charge in [-0.05, 0) is 43.5 Å². The van der Waals surface area contributed by atoms with Gasteiger partial charge in [-0.3, -0.25) is 4.79 Å². The highest BCUT2D eigenvalue weighted by molar-refractivity contribution is 5.89. The van der Waals surface area contributed by atoms with Gasteiger partial charge in [-0.2, -0.15) is 0 Å². The molecule has 3 amide bonds. The highest BCUT2D eigenvalue weighted by atomic mass is 19.1. The van der Waals surface area contributed by atoms with E-state index in [4.69, 9.17) is 9.47 Å². The van der Waals surface area contributed by atoms with Crippen molar-refractivity contribution in [1.29, 1.82) is 0 Å². The summed E-state index contributed by atoms with van der Waals surface area (Å²) in [6.45, 7) is -0.144. The summed E-state index contributed by atoms with van der Waals surface area (Å²) < 4.78 is 26.0. The van der Waals surface area contributed by atoms with Crippen molar-refractivity contribution in [3.8, 4) is 5.75 Å². The van der Waals surface area contributed by atoms with Crippen LogP contribution in [0.25, 0.3) is 0 Å². The average Bonchev–Trinajstić information content (AvgIpc) is 3.50. The van der Waals surface area contributed by atoms with Crippen LogP contribution in [0.1, 0.15) is 55.6 Å². The van der Waals surface area contributed by atoms with Crippen LogP contribution in [0.3, 0.4) is 0 Å². The number of benzene rings is 2. The van der Waals surface area contributed by atoms with Crippen LogP contribution < -0.4 is 20.7 Å². The monoisotopic (exact) mass is 497 g/mol. The smallest absolute Gasteiger partial charge is 0.319 e. The number of ether oxygens (including phenoxy) is 2. The molecular weight excluding hydrogens is 465 g/mol. The Morgan fingerprint density at radius 1 is 1.11 bits per heavy atom. The van der Waals surface area contributed by atoms with Gasteiger partial charge in [0.05, 0.1) is 19.1 Å². The Kier molecular flexibility index (Phi) is 7.38. The second kappa shape index (κ2) is 10.8. The Labute approximate surface area is 209 Å². The fraction of sp³-hybridized carbons (Fsp3) is 0.481. The SMILES string of the molecule is O=C(C[C@@H]1C[C@H]2c3cc(NC(=O)NC4CCCC4)ccc3O[C@H]2[C@H](CO)O1)NCc1ccccc1F. The summed E-state index contributed by atoms with van der Waals surface area (Å²) >= 11 is 0. The van der Waals surface area contributed by atoms with Gasteiger partial charge >= 0.3 is 6.03 Å². The van der Waals surface area contributed by atoms with E-state index < -0.39 is 12.2 Å². The lowest BCUT2D eigenvalue weighted by Gasteiger charge is -2.37. The number of anilines is 1. The molecule has 0 bridgehead atoms. The summed E-state index contributed by atoms with van der Waals surface area (Å²) in [7, 11) is 0. The zero-order valence-electron chi connectivity index (χ0n) is 20.0. The molecule has 2 aliphatic heterocycles. The molecule has 36 heavy (non-hydrogen) atoms. The van der Waals surface area contributed by atoms with Gasteiger partial charge in [0.2, 0.25) is 5.91 Å². The first-order chi connectivity index (χ1) is 17.5. The highest BCUT2D eigenvalue weighted by Crippen LogP contribution is 2.47. The maximum absolute atomic E-state index is 13.8. The van der Waals surface area contributed by atoms with Crippen LogP contribution in [0.15, 0.2) is 42.5 Å². The molecule has 0 unspecified atom stereocenters. The predicted octanol–water partition coefficient (Wildman–Crippen LogP) is 3.59. The fourth-order valence-electron chi connectivity index (χ4n) is 5.50. The number of aliphatic hydroxyl groups is 1. The van der Waals surface area contributed by atoms with E-state index in [0.29, 0.717) is 23.4 Å². The third kappa shape index (κ3) is 5.47. The Morgan fingerprint density at radius 2 is 1.92 bits per heavy atom. The molecule has 4 atom stereocenters. The number of amides is 3. The average molecular weight is 498 g/mol. The molecule has 8 nitrogen and oxygen atoms in total. The molecule has 2 aromatic carbocycles. The van der Waals surface area contributed by atoms with Crippen molar-refractivity contribution < 1.29 is 28.6 Å². The number of halogens is 1. The van der Waals surface area contributed by atoms with Gasteiger partial charge in [-0.1, -0.05) is 31.0 Å². The molecule has 0 radical (unpaired) electrons. The zero-order valence-corrected chi connectivity index (χ0v) is 20.0. The summed E-state index contributed by atoms with van der Waals surface area (Å²) in [6.07, 6.45) is 3.53. The van der Waals surface area contributed by atoms with E-state index in [-0.39, 0.29) is 55.4 Å². The van der Waals surface area contributed by atoms with Crippen LogP contribution in [0.2, 0.25) is 0 Å². The lowest BCUT2D eigenvalue weighted by Crippen LogP contribution is -2.47. The molecule has 3 aliphatic rings. The van der Waals surface area contributed by atoms with E-state index in [1.807, 2.05) is 12.1 Å². The minimum absolute atomic E-state index is 0.0880. The van der Waals surface area contributed by atoms with Crippen molar-refractivity contribution in [2.45, 2.75) is 75.3 Å². The summed E-state index contributed by atoms with van der Waals surface area (Å²) in [5.41, 5.74) is 2.01. The first-order valence-electron chi connectivity index (χ1n) is 12.6. The van der Waals surface area contributed by atoms with E-state index in [1.54, 1.807) is 24.3 Å². The molecule has 1 saturated heterocycles. The molecule has 1 aliphatic carbocycles. The Balaban J connectivity index is 1.22. The lowest BCUT2D eigenvalue weighted by atomic mass is 9.84. The number of carbonyl (C=O) groups excluding carboxylic acids is 2. The van der Waals surface area contributed by atoms with Crippen molar-refractivity contribution in [2.24, 2.45) is 0 Å². The maximum atomic E-state index is 13.8. The number of nitrogens with one attached hydrogen (secondary N) is 3. The second-order valence-electron chi connectivity index (χ2n) is 9.81. The van der Waals surface area contributed by atoms with Crippen LogP contribution >= 0.6 is 0 Å². The Morgan fingerprint density at radius 3 is 2.69 bits per heavy atom. The molecule has 2 aromatic rings. The second-order valence-corrected chi connectivity index (χ2v) is 9.81. The van der Waals surface area contributed by atoms with Gasteiger partial charge < -0.3 is 30.5 Å². The molecule has 2 fully saturated rings. The summed E-state index contributed by atoms with van der Waals surface area (Å²) in [5.74, 6) is -0.0131. The van der Waals surface area contributed by atoms with Gasteiger partial charge in [-0.15, -0.1) is 0 Å². The van der Waals surface area contributed by atoms with Crippen LogP contribution in [-0.2, 0) is 16.1 Å². The third-order valence-corrected chi connectivity index (χ3v) is 7.29. The number of carbonyl (C=O) groups is 2. The van der Waals surface area contributed by atoms with Crippen LogP contribution in [-0.4, -0.2) is 48.0 Å². The maximum Gasteiger partial charge on any atom is 0.319 e. The van der Waals surface area contributed by atoms with Gasteiger partial charge in [0.25, 0.3) is 0 Å². The molecule has 5 rings (SSSR count). The molecule has 2 heterocycles. The largest absolute Gasteiger partial charge is 0.487 e. The number of rotatable bonds is 7. The number of aliphatic hydroxyl groups excluding tert-OH is 1. The number of hydrogen-bond acceptors (Lipinski definition) is 5. The highest BCUT2D eigenvalue weighted by Gasteiger charge is 2.46. The zero-order chi connectivity index (χ0) is 25.1. The van der Waals surface area contributed by atoms with Crippen molar-refractivity contribution in [1.82, 2.24) is 10.6 Å². The van der Waals surface area contributed by atoms with Crippen molar-refractivity contribution in [2.75, 3.05) is 11.9 Å². The van der Waals surface area contributed by atoms with Crippen molar-refractivity contribution >= 4 is 17.6 Å². The van der Waals surface area contributed by atoms with Gasteiger partial charge in [0.15, 0.2) is 0 Å². The lowest BCUT2D eigenvalue weighted by molar-refractivity contribution is -0.142. The van der Waals surface area contributed by atoms with Crippen LogP contribution in [0, 0.1) is 5.82 Å². The fourth-order valence-corrected chi connectivity index (χ4v) is 5.50. The van der Waals surface area contributed by atoms with Crippen molar-refractivity contribution in [3.63, 3.8) is 0 Å². The van der Waals surface area contributed by atoms with Gasteiger partial charge in [-0.25, -0.2) is 9.18 Å². The van der Waals surface area contributed by atoms with E-state index in [2.05, 4.69) is 16.0 Å². The predicted molar refractivity (Wildman–Crippen MR) is 131 cm³/mol. The standard InChI is InChI=1S/C27H32FN3O5/c28-22-8-4-1-5-16(22)14-29-25(33)13-19-12-21-20-11-18(31-27(34)30-17-6-2-3-7-17)9-10-23(20)36-26(21)24(15-32)35-19/h1,4-5,8-11,17,19,21,24,26,32H,2-3,6-7,12-15H2,(H,29,33)(H2,30,31,34)/t19-,21-,24-,26+/m0/s1. The van der Waals surface area contributed by atoms with E-state index in [0.717, 1.165) is 31.2 Å². The molecule has 1 saturated carbocycles. The molecule has 0 spiro atoms. The summed E-state index contributed by atoms with van der Waals surface area (Å²) in [4.78, 5) is 25.0. The van der Waals surface area contributed by atoms with E-state index in [1.165, 1.54) is 6.07 Å². The van der Waals surface area contributed by atoms with Crippen LogP contribution in [0.4, 0.5) is 14.9 Å².